The molecule has 7 heteroatoms. The van der Waals surface area contributed by atoms with Crippen molar-refractivity contribution in [2.45, 2.75) is 50.4 Å². The first kappa shape index (κ1) is 13.0. The summed E-state index contributed by atoms with van der Waals surface area (Å²) in [6.07, 6.45) is -3.25. The van der Waals surface area contributed by atoms with Gasteiger partial charge in [-0.2, -0.15) is 0 Å². The molecule has 90 valence electrons. The van der Waals surface area contributed by atoms with Crippen LogP contribution in [0, 0.1) is 0 Å². The van der Waals surface area contributed by atoms with Crippen molar-refractivity contribution in [3.8, 4) is 0 Å². The van der Waals surface area contributed by atoms with Gasteiger partial charge >= 0.3 is 8.80 Å². The third-order valence-corrected chi connectivity index (χ3v) is 4.18. The van der Waals surface area contributed by atoms with Gasteiger partial charge in [0.2, 0.25) is 0 Å². The third kappa shape index (κ3) is 3.75. The van der Waals surface area contributed by atoms with Gasteiger partial charge in [0.25, 0.3) is 5.92 Å². The van der Waals surface area contributed by atoms with Crippen molar-refractivity contribution in [3.63, 3.8) is 0 Å². The zero-order valence-corrected chi connectivity index (χ0v) is 9.42. The van der Waals surface area contributed by atoms with Gasteiger partial charge in [-0.15, -0.1) is 0 Å². The fraction of sp³-hybridized carbons (Fsp3) is 1.00. The molecule has 0 radical (unpaired) electrons. The summed E-state index contributed by atoms with van der Waals surface area (Å²) in [6, 6.07) is 0.125. The molecule has 1 rings (SSSR count). The Kier molecular flexibility index (Phi) is 3.80. The highest BCUT2D eigenvalue weighted by Gasteiger charge is 2.45. The van der Waals surface area contributed by atoms with Crippen LogP contribution in [0.4, 0.5) is 13.2 Å². The van der Waals surface area contributed by atoms with Gasteiger partial charge in [0, 0.05) is 12.5 Å². The molecule has 3 nitrogen and oxygen atoms in total. The van der Waals surface area contributed by atoms with Crippen LogP contribution in [0.25, 0.3) is 0 Å². The first-order chi connectivity index (χ1) is 6.73. The number of rotatable bonds is 3. The fourth-order valence-electron chi connectivity index (χ4n) is 1.55. The first-order valence-corrected chi connectivity index (χ1v) is 6.88. The summed E-state index contributed by atoms with van der Waals surface area (Å²) in [5.41, 5.74) is 0. The topological polar surface area (TPSA) is 49.7 Å². The predicted octanol–water partition coefficient (Wildman–Crippen LogP) is 1.47. The van der Waals surface area contributed by atoms with E-state index in [1.165, 1.54) is 0 Å². The molecular formula is C8H15F3O3Si. The van der Waals surface area contributed by atoms with Crippen molar-refractivity contribution in [1.82, 2.24) is 0 Å². The Hall–Kier alpha value is -0.113. The first-order valence-electron chi connectivity index (χ1n) is 4.87. The zero-order valence-electron chi connectivity index (χ0n) is 8.42. The van der Waals surface area contributed by atoms with E-state index in [1.807, 2.05) is 0 Å². The highest BCUT2D eigenvalue weighted by Crippen LogP contribution is 2.33. The number of hydrogen-bond acceptors (Lipinski definition) is 3. The van der Waals surface area contributed by atoms with Gasteiger partial charge in [0.1, 0.15) is 0 Å². The van der Waals surface area contributed by atoms with Crippen molar-refractivity contribution < 1.29 is 27.2 Å². The van der Waals surface area contributed by atoms with Gasteiger partial charge in [-0.05, 0) is 19.8 Å². The molecule has 0 aromatic heterocycles. The molecule has 0 bridgehead atoms. The van der Waals surface area contributed by atoms with Crippen LogP contribution in [-0.4, -0.2) is 36.6 Å². The lowest BCUT2D eigenvalue weighted by atomic mass is 10.0. The lowest BCUT2D eigenvalue weighted by Gasteiger charge is -2.32. The SMILES string of the molecule is CC(F)C(F)(F)CC1CCC[Si](O)(O)O1. The minimum atomic E-state index is -3.74. The van der Waals surface area contributed by atoms with Crippen molar-refractivity contribution >= 4 is 8.80 Å². The maximum Gasteiger partial charge on any atom is 0.495 e. The maximum absolute atomic E-state index is 13.0. The molecular weight excluding hydrogens is 229 g/mol. The second kappa shape index (κ2) is 4.40. The van der Waals surface area contributed by atoms with Crippen LogP contribution in [-0.2, 0) is 4.43 Å². The molecule has 1 heterocycles. The molecule has 2 unspecified atom stereocenters. The van der Waals surface area contributed by atoms with Gasteiger partial charge in [-0.1, -0.05) is 0 Å². The molecule has 1 saturated heterocycles. The molecule has 0 aliphatic carbocycles. The molecule has 0 saturated carbocycles. The van der Waals surface area contributed by atoms with E-state index in [2.05, 4.69) is 0 Å². The van der Waals surface area contributed by atoms with Crippen molar-refractivity contribution in [1.29, 1.82) is 0 Å². The molecule has 2 N–H and O–H groups in total. The highest BCUT2D eigenvalue weighted by atomic mass is 28.4. The Morgan fingerprint density at radius 2 is 2.13 bits per heavy atom. The predicted molar refractivity (Wildman–Crippen MR) is 49.2 cm³/mol. The smallest absolute Gasteiger partial charge is 0.390 e. The Balaban J connectivity index is 2.52. The molecule has 0 spiro atoms. The number of alkyl halides is 3. The van der Waals surface area contributed by atoms with E-state index in [0.29, 0.717) is 12.8 Å². The average molecular weight is 244 g/mol. The van der Waals surface area contributed by atoms with E-state index in [-0.39, 0.29) is 6.04 Å². The summed E-state index contributed by atoms with van der Waals surface area (Å²) in [6.45, 7) is 0.783. The molecule has 1 fully saturated rings. The lowest BCUT2D eigenvalue weighted by molar-refractivity contribution is -0.102. The van der Waals surface area contributed by atoms with E-state index in [9.17, 15) is 22.8 Å². The Morgan fingerprint density at radius 1 is 1.53 bits per heavy atom. The average Bonchev–Trinajstić information content (AvgIpc) is 2.00. The van der Waals surface area contributed by atoms with Crippen molar-refractivity contribution in [2.24, 2.45) is 0 Å². The minimum absolute atomic E-state index is 0.125. The number of halogens is 3. The monoisotopic (exact) mass is 244 g/mol. The van der Waals surface area contributed by atoms with E-state index >= 15 is 0 Å². The van der Waals surface area contributed by atoms with E-state index in [1.54, 1.807) is 0 Å². The summed E-state index contributed by atoms with van der Waals surface area (Å²) >= 11 is 0. The van der Waals surface area contributed by atoms with Gasteiger partial charge in [-0.3, -0.25) is 0 Å². The molecule has 0 aromatic carbocycles. The minimum Gasteiger partial charge on any atom is -0.390 e. The molecule has 0 amide bonds. The second-order valence-electron chi connectivity index (χ2n) is 3.96. The Bertz CT molecular complexity index is 223. The molecule has 1 aliphatic heterocycles. The fourth-order valence-corrected chi connectivity index (χ4v) is 3.07. The molecule has 2 atom stereocenters. The summed E-state index contributed by atoms with van der Waals surface area (Å²) in [5, 5.41) is 0. The summed E-state index contributed by atoms with van der Waals surface area (Å²) in [5.74, 6) is -3.47. The van der Waals surface area contributed by atoms with Gasteiger partial charge < -0.3 is 14.0 Å². The highest BCUT2D eigenvalue weighted by molar-refractivity contribution is 6.57. The summed E-state index contributed by atoms with van der Waals surface area (Å²) in [4.78, 5) is 18.4. The van der Waals surface area contributed by atoms with E-state index < -0.39 is 33.4 Å². The summed E-state index contributed by atoms with van der Waals surface area (Å²) < 4.78 is 43.2. The van der Waals surface area contributed by atoms with Gasteiger partial charge in [0.15, 0.2) is 6.17 Å². The summed E-state index contributed by atoms with van der Waals surface area (Å²) in [7, 11) is -3.74. The Morgan fingerprint density at radius 3 is 2.60 bits per heavy atom. The zero-order chi connectivity index (χ0) is 11.7. The Labute approximate surface area is 87.2 Å². The van der Waals surface area contributed by atoms with Crippen LogP contribution in [0.5, 0.6) is 0 Å². The van der Waals surface area contributed by atoms with Crippen LogP contribution in [0.3, 0.4) is 0 Å². The van der Waals surface area contributed by atoms with Crippen LogP contribution < -0.4 is 0 Å². The lowest BCUT2D eigenvalue weighted by Crippen LogP contribution is -2.48. The van der Waals surface area contributed by atoms with Gasteiger partial charge in [0.05, 0.1) is 6.10 Å². The second-order valence-corrected chi connectivity index (χ2v) is 6.18. The normalized spacial score (nSPS) is 28.8. The maximum atomic E-state index is 13.0. The molecule has 1 aliphatic rings. The van der Waals surface area contributed by atoms with Crippen LogP contribution in [0.2, 0.25) is 6.04 Å². The van der Waals surface area contributed by atoms with Crippen LogP contribution in [0.15, 0.2) is 0 Å². The van der Waals surface area contributed by atoms with Gasteiger partial charge in [-0.25, -0.2) is 13.2 Å². The molecule has 0 aromatic rings. The third-order valence-electron chi connectivity index (χ3n) is 2.47. The quantitative estimate of drug-likeness (QED) is 0.739. The van der Waals surface area contributed by atoms with E-state index in [0.717, 1.165) is 6.92 Å². The van der Waals surface area contributed by atoms with Crippen molar-refractivity contribution in [3.05, 3.63) is 0 Å². The standard InChI is InChI=1S/C8H15F3O3Si/c1-6(9)8(10,11)5-7-3-2-4-15(12,13)14-7/h6-7,12-13H,2-5H2,1H3. The van der Waals surface area contributed by atoms with E-state index in [4.69, 9.17) is 4.43 Å². The number of hydrogen-bond donors (Lipinski definition) is 2. The van der Waals surface area contributed by atoms with Crippen molar-refractivity contribution in [2.75, 3.05) is 0 Å². The van der Waals surface area contributed by atoms with Crippen LogP contribution in [0.1, 0.15) is 26.2 Å². The largest absolute Gasteiger partial charge is 0.495 e. The van der Waals surface area contributed by atoms with Crippen LogP contribution >= 0.6 is 0 Å². The molecule has 15 heavy (non-hydrogen) atoms.